The van der Waals surface area contributed by atoms with Crippen LogP contribution in [-0.2, 0) is 5.41 Å². The second-order valence-corrected chi connectivity index (χ2v) is 6.93. The smallest absolute Gasteiger partial charge is 0.220 e. The largest absolute Gasteiger partial charge is 0.481 e. The van der Waals surface area contributed by atoms with Gasteiger partial charge in [0.25, 0.3) is 0 Å². The van der Waals surface area contributed by atoms with Crippen LogP contribution in [0.25, 0.3) is 0 Å². The van der Waals surface area contributed by atoms with Crippen LogP contribution in [0.5, 0.6) is 11.8 Å². The van der Waals surface area contributed by atoms with Crippen LogP contribution in [0.4, 0.5) is 4.39 Å². The van der Waals surface area contributed by atoms with Crippen LogP contribution in [0.15, 0.2) is 35.5 Å². The first kappa shape index (κ1) is 18.5. The van der Waals surface area contributed by atoms with Gasteiger partial charge in [-0.05, 0) is 17.7 Å². The first-order chi connectivity index (χ1) is 11.4. The Bertz CT molecular complexity index is 675. The Morgan fingerprint density at radius 3 is 2.29 bits per heavy atom. The zero-order chi connectivity index (χ0) is 17.7. The lowest BCUT2D eigenvalue weighted by Gasteiger charge is -2.32. The van der Waals surface area contributed by atoms with Crippen molar-refractivity contribution in [1.82, 2.24) is 9.97 Å². The number of nitrogens with zero attached hydrogens (tertiary/aromatic N) is 2. The molecule has 0 fully saturated rings. The number of methoxy groups -OCH3 is 2. The van der Waals surface area contributed by atoms with Gasteiger partial charge in [0.05, 0.1) is 26.9 Å². The molecule has 0 aliphatic heterocycles. The predicted molar refractivity (Wildman–Crippen MR) is 91.3 cm³/mol. The molecule has 7 heteroatoms. The number of halogens is 1. The van der Waals surface area contributed by atoms with Crippen molar-refractivity contribution >= 4 is 11.8 Å². The SMILES string of the molecule is COc1cc(OC)nc(SC(CO)C(C)(C)c2cccc(F)c2)n1. The molecule has 0 aliphatic carbocycles. The molecule has 130 valence electrons. The van der Waals surface area contributed by atoms with Crippen molar-refractivity contribution in [2.24, 2.45) is 0 Å². The van der Waals surface area contributed by atoms with Gasteiger partial charge in [-0.3, -0.25) is 0 Å². The third-order valence-electron chi connectivity index (χ3n) is 3.86. The number of hydrogen-bond acceptors (Lipinski definition) is 6. The average Bonchev–Trinajstić information content (AvgIpc) is 2.59. The maximum absolute atomic E-state index is 13.6. The Labute approximate surface area is 145 Å². The highest BCUT2D eigenvalue weighted by atomic mass is 32.2. The van der Waals surface area contributed by atoms with Gasteiger partial charge < -0.3 is 14.6 Å². The maximum Gasteiger partial charge on any atom is 0.220 e. The Balaban J connectivity index is 2.31. The summed E-state index contributed by atoms with van der Waals surface area (Å²) in [6.45, 7) is 3.79. The van der Waals surface area contributed by atoms with Crippen molar-refractivity contribution in [2.75, 3.05) is 20.8 Å². The van der Waals surface area contributed by atoms with E-state index in [0.717, 1.165) is 5.56 Å². The molecule has 0 bridgehead atoms. The molecule has 1 N–H and O–H groups in total. The fraction of sp³-hybridized carbons (Fsp3) is 0.412. The zero-order valence-electron chi connectivity index (χ0n) is 14.1. The minimum atomic E-state index is -0.499. The molecule has 1 unspecified atom stereocenters. The van der Waals surface area contributed by atoms with Crippen molar-refractivity contribution in [1.29, 1.82) is 0 Å². The summed E-state index contributed by atoms with van der Waals surface area (Å²) >= 11 is 1.30. The predicted octanol–water partition coefficient (Wildman–Crippen LogP) is 3.06. The van der Waals surface area contributed by atoms with Crippen LogP contribution < -0.4 is 9.47 Å². The normalized spacial score (nSPS) is 12.8. The number of aliphatic hydroxyl groups is 1. The molecule has 0 amide bonds. The van der Waals surface area contributed by atoms with Gasteiger partial charge in [-0.15, -0.1) is 0 Å². The minimum Gasteiger partial charge on any atom is -0.481 e. The van der Waals surface area contributed by atoms with Crippen molar-refractivity contribution in [3.8, 4) is 11.8 Å². The highest BCUT2D eigenvalue weighted by molar-refractivity contribution is 7.99. The molecule has 0 saturated heterocycles. The van der Waals surface area contributed by atoms with E-state index in [1.54, 1.807) is 12.1 Å². The molecule has 1 aromatic carbocycles. The van der Waals surface area contributed by atoms with E-state index < -0.39 is 5.41 Å². The molecule has 1 atom stereocenters. The van der Waals surface area contributed by atoms with Gasteiger partial charge in [-0.25, -0.2) is 4.39 Å². The number of thioether (sulfide) groups is 1. The monoisotopic (exact) mass is 352 g/mol. The van der Waals surface area contributed by atoms with Gasteiger partial charge in [0, 0.05) is 10.7 Å². The van der Waals surface area contributed by atoms with Crippen LogP contribution >= 0.6 is 11.8 Å². The Hall–Kier alpha value is -1.86. The fourth-order valence-electron chi connectivity index (χ4n) is 2.26. The van der Waals surface area contributed by atoms with Gasteiger partial charge in [0.1, 0.15) is 5.82 Å². The van der Waals surface area contributed by atoms with E-state index in [0.29, 0.717) is 16.9 Å². The lowest BCUT2D eigenvalue weighted by molar-refractivity contribution is 0.260. The highest BCUT2D eigenvalue weighted by Gasteiger charge is 2.33. The van der Waals surface area contributed by atoms with Gasteiger partial charge in [-0.1, -0.05) is 37.7 Å². The first-order valence-electron chi connectivity index (χ1n) is 7.41. The summed E-state index contributed by atoms with van der Waals surface area (Å²) in [4.78, 5) is 8.55. The summed E-state index contributed by atoms with van der Waals surface area (Å²) in [5.74, 6) is 0.454. The van der Waals surface area contributed by atoms with E-state index in [-0.39, 0.29) is 17.7 Å². The number of benzene rings is 1. The molecule has 2 rings (SSSR count). The van der Waals surface area contributed by atoms with Gasteiger partial charge in [0.15, 0.2) is 5.16 Å². The molecule has 2 aromatic rings. The van der Waals surface area contributed by atoms with Crippen LogP contribution in [0.3, 0.4) is 0 Å². The number of aromatic nitrogens is 2. The summed E-state index contributed by atoms with van der Waals surface area (Å²) in [6, 6.07) is 7.97. The average molecular weight is 352 g/mol. The number of rotatable bonds is 7. The first-order valence-corrected chi connectivity index (χ1v) is 8.29. The summed E-state index contributed by atoms with van der Waals surface area (Å²) in [7, 11) is 3.02. The van der Waals surface area contributed by atoms with Gasteiger partial charge in [0.2, 0.25) is 11.8 Å². The third-order valence-corrected chi connectivity index (χ3v) is 5.28. The second kappa shape index (κ2) is 7.81. The molecular formula is C17H21FN2O3S. The van der Waals surface area contributed by atoms with E-state index in [1.165, 1.54) is 38.1 Å². The number of aliphatic hydroxyl groups excluding tert-OH is 1. The lowest BCUT2D eigenvalue weighted by Crippen LogP contribution is -2.34. The summed E-state index contributed by atoms with van der Waals surface area (Å²) in [5.41, 5.74) is 0.296. The van der Waals surface area contributed by atoms with Gasteiger partial charge in [-0.2, -0.15) is 9.97 Å². The maximum atomic E-state index is 13.6. The number of ether oxygens (including phenoxy) is 2. The Morgan fingerprint density at radius 1 is 1.17 bits per heavy atom. The zero-order valence-corrected chi connectivity index (χ0v) is 14.9. The molecule has 24 heavy (non-hydrogen) atoms. The van der Waals surface area contributed by atoms with Crippen molar-refractivity contribution in [3.63, 3.8) is 0 Å². The quantitative estimate of drug-likeness (QED) is 0.610. The van der Waals surface area contributed by atoms with Crippen LogP contribution in [0, 0.1) is 5.82 Å². The standard InChI is InChI=1S/C17H21FN2O3S/c1-17(2,11-6-5-7-12(18)8-11)13(10-21)24-16-19-14(22-3)9-15(20-16)23-4/h5-9,13,21H,10H2,1-4H3. The van der Waals surface area contributed by atoms with E-state index in [9.17, 15) is 9.50 Å². The Morgan fingerprint density at radius 2 is 1.79 bits per heavy atom. The molecular weight excluding hydrogens is 331 g/mol. The van der Waals surface area contributed by atoms with E-state index in [2.05, 4.69) is 9.97 Å². The van der Waals surface area contributed by atoms with Crippen molar-refractivity contribution < 1.29 is 19.0 Å². The highest BCUT2D eigenvalue weighted by Crippen LogP contribution is 2.38. The second-order valence-electron chi connectivity index (χ2n) is 5.76. The van der Waals surface area contributed by atoms with E-state index in [4.69, 9.17) is 9.47 Å². The van der Waals surface area contributed by atoms with Gasteiger partial charge >= 0.3 is 0 Å². The van der Waals surface area contributed by atoms with E-state index in [1.807, 2.05) is 19.9 Å². The lowest BCUT2D eigenvalue weighted by atomic mass is 9.81. The summed E-state index contributed by atoms with van der Waals surface area (Å²) in [5, 5.41) is 10.0. The van der Waals surface area contributed by atoms with Crippen molar-refractivity contribution in [2.45, 2.75) is 29.7 Å². The van der Waals surface area contributed by atoms with Crippen LogP contribution in [0.1, 0.15) is 19.4 Å². The number of hydrogen-bond donors (Lipinski definition) is 1. The molecule has 1 heterocycles. The topological polar surface area (TPSA) is 64.5 Å². The molecule has 0 spiro atoms. The fourth-order valence-corrected chi connectivity index (χ4v) is 3.31. The summed E-state index contributed by atoms with van der Waals surface area (Å²) in [6.07, 6.45) is 0. The molecule has 0 radical (unpaired) electrons. The van der Waals surface area contributed by atoms with Crippen molar-refractivity contribution in [3.05, 3.63) is 41.7 Å². The molecule has 1 aromatic heterocycles. The van der Waals surface area contributed by atoms with Crippen LogP contribution in [-0.4, -0.2) is 41.2 Å². The molecule has 5 nitrogen and oxygen atoms in total. The molecule has 0 saturated carbocycles. The van der Waals surface area contributed by atoms with Crippen LogP contribution in [0.2, 0.25) is 0 Å². The van der Waals surface area contributed by atoms with E-state index >= 15 is 0 Å². The molecule has 0 aliphatic rings. The third kappa shape index (κ3) is 4.15. The minimum absolute atomic E-state index is 0.114. The summed E-state index contributed by atoms with van der Waals surface area (Å²) < 4.78 is 23.8. The Kier molecular flexibility index (Phi) is 6.01.